The van der Waals surface area contributed by atoms with Gasteiger partial charge in [-0.05, 0) is 18.2 Å². The summed E-state index contributed by atoms with van der Waals surface area (Å²) in [5.74, 6) is 0.909. The molecule has 4 nitrogen and oxygen atoms in total. The van der Waals surface area contributed by atoms with Gasteiger partial charge >= 0.3 is 0 Å². The van der Waals surface area contributed by atoms with E-state index in [1.165, 1.54) is 12.1 Å². The van der Waals surface area contributed by atoms with Gasteiger partial charge in [0.1, 0.15) is 17.3 Å². The number of methoxy groups -OCH3 is 1. The second-order valence-corrected chi connectivity index (χ2v) is 4.54. The number of benzene rings is 2. The van der Waals surface area contributed by atoms with Crippen LogP contribution in [0.5, 0.6) is 5.75 Å². The van der Waals surface area contributed by atoms with Gasteiger partial charge in [-0.1, -0.05) is 24.3 Å². The molecule has 3 rings (SSSR count). The molecule has 1 aromatic heterocycles. The van der Waals surface area contributed by atoms with Gasteiger partial charge in [0.25, 0.3) is 0 Å². The first-order chi connectivity index (χ1) is 10.2. The van der Waals surface area contributed by atoms with Gasteiger partial charge in [-0.15, -0.1) is 10.2 Å². The van der Waals surface area contributed by atoms with Gasteiger partial charge in [-0.3, -0.25) is 0 Å². The Balaban J connectivity index is 2.34. The van der Waals surface area contributed by atoms with Crippen molar-refractivity contribution in [1.29, 1.82) is 0 Å². The highest BCUT2D eigenvalue weighted by Gasteiger charge is 2.14. The van der Waals surface area contributed by atoms with Gasteiger partial charge in [-0.25, -0.2) is 4.39 Å². The Hall–Kier alpha value is -2.69. The molecule has 3 aromatic rings. The normalized spacial score (nSPS) is 10.6. The summed E-state index contributed by atoms with van der Waals surface area (Å²) in [6, 6.07) is 12.1. The Kier molecular flexibility index (Phi) is 3.39. The van der Waals surface area contributed by atoms with Crippen molar-refractivity contribution in [3.63, 3.8) is 0 Å². The molecule has 0 unspecified atom stereocenters. The molecular weight excluding hydrogens is 269 g/mol. The molecule has 0 saturated carbocycles. The molecule has 1 heterocycles. The van der Waals surface area contributed by atoms with Crippen LogP contribution in [0.3, 0.4) is 0 Å². The molecule has 5 heteroatoms. The van der Waals surface area contributed by atoms with Crippen molar-refractivity contribution in [2.75, 3.05) is 19.5 Å². The average Bonchev–Trinajstić information content (AvgIpc) is 2.53. The van der Waals surface area contributed by atoms with Gasteiger partial charge in [0, 0.05) is 23.4 Å². The molecule has 0 bridgehead atoms. The summed E-state index contributed by atoms with van der Waals surface area (Å²) in [6.07, 6.45) is 0. The van der Waals surface area contributed by atoms with Crippen molar-refractivity contribution in [3.8, 4) is 17.0 Å². The third-order valence-electron chi connectivity index (χ3n) is 3.34. The number of anilines is 1. The highest BCUT2D eigenvalue weighted by atomic mass is 19.1. The Labute approximate surface area is 121 Å². The number of hydrogen-bond donors (Lipinski definition) is 1. The van der Waals surface area contributed by atoms with Gasteiger partial charge in [-0.2, -0.15) is 0 Å². The van der Waals surface area contributed by atoms with Crippen LogP contribution in [0.4, 0.5) is 10.2 Å². The maximum Gasteiger partial charge on any atom is 0.156 e. The maximum absolute atomic E-state index is 13.6. The van der Waals surface area contributed by atoms with Crippen LogP contribution in [-0.4, -0.2) is 24.4 Å². The lowest BCUT2D eigenvalue weighted by atomic mass is 10.0. The van der Waals surface area contributed by atoms with E-state index in [0.717, 1.165) is 10.8 Å². The zero-order valence-electron chi connectivity index (χ0n) is 11.7. The zero-order valence-corrected chi connectivity index (χ0v) is 11.7. The molecule has 0 spiro atoms. The summed E-state index contributed by atoms with van der Waals surface area (Å²) in [6.45, 7) is 0. The van der Waals surface area contributed by atoms with Crippen molar-refractivity contribution in [3.05, 3.63) is 48.3 Å². The molecule has 106 valence electrons. The molecule has 0 aliphatic rings. The number of aromatic nitrogens is 2. The maximum atomic E-state index is 13.6. The molecule has 0 atom stereocenters. The van der Waals surface area contributed by atoms with Crippen LogP contribution in [0.1, 0.15) is 0 Å². The molecule has 21 heavy (non-hydrogen) atoms. The van der Waals surface area contributed by atoms with E-state index >= 15 is 0 Å². The summed E-state index contributed by atoms with van der Waals surface area (Å²) in [4.78, 5) is 0. The predicted octanol–water partition coefficient (Wildman–Crippen LogP) is 3.49. The number of hydrogen-bond acceptors (Lipinski definition) is 4. The lowest BCUT2D eigenvalue weighted by molar-refractivity contribution is 0.415. The summed E-state index contributed by atoms with van der Waals surface area (Å²) in [5, 5.41) is 13.2. The number of halogens is 1. The van der Waals surface area contributed by atoms with Crippen LogP contribution in [-0.2, 0) is 0 Å². The number of ether oxygens (including phenoxy) is 1. The van der Waals surface area contributed by atoms with E-state index in [1.807, 2.05) is 24.3 Å². The summed E-state index contributed by atoms with van der Waals surface area (Å²) in [5.41, 5.74) is 1.19. The SMILES string of the molecule is CNc1nnc(-c2cc(F)ccc2OC)c2ccccc12. The van der Waals surface area contributed by atoms with Crippen molar-refractivity contribution in [2.45, 2.75) is 0 Å². The van der Waals surface area contributed by atoms with Crippen LogP contribution in [0.2, 0.25) is 0 Å². The fourth-order valence-corrected chi connectivity index (χ4v) is 2.35. The second-order valence-electron chi connectivity index (χ2n) is 4.54. The fourth-order valence-electron chi connectivity index (χ4n) is 2.35. The molecule has 0 fully saturated rings. The van der Waals surface area contributed by atoms with Crippen LogP contribution < -0.4 is 10.1 Å². The zero-order chi connectivity index (χ0) is 14.8. The van der Waals surface area contributed by atoms with Crippen molar-refractivity contribution in [1.82, 2.24) is 10.2 Å². The Bertz CT molecular complexity index is 805. The van der Waals surface area contributed by atoms with Gasteiger partial charge in [0.15, 0.2) is 5.82 Å². The average molecular weight is 283 g/mol. The monoisotopic (exact) mass is 283 g/mol. The van der Waals surface area contributed by atoms with Crippen molar-refractivity contribution < 1.29 is 9.13 Å². The Morgan fingerprint density at radius 2 is 1.81 bits per heavy atom. The summed E-state index contributed by atoms with van der Waals surface area (Å²) in [7, 11) is 3.34. The van der Waals surface area contributed by atoms with Gasteiger partial charge in [0.05, 0.1) is 7.11 Å². The first-order valence-corrected chi connectivity index (χ1v) is 6.51. The van der Waals surface area contributed by atoms with E-state index < -0.39 is 0 Å². The van der Waals surface area contributed by atoms with Crippen molar-refractivity contribution in [2.24, 2.45) is 0 Å². The van der Waals surface area contributed by atoms with E-state index in [1.54, 1.807) is 20.2 Å². The lowest BCUT2D eigenvalue weighted by Crippen LogP contribution is -1.99. The minimum absolute atomic E-state index is 0.339. The number of rotatable bonds is 3. The van der Waals surface area contributed by atoms with E-state index in [9.17, 15) is 4.39 Å². The van der Waals surface area contributed by atoms with E-state index in [2.05, 4.69) is 15.5 Å². The predicted molar refractivity (Wildman–Crippen MR) is 81.0 cm³/mol. The van der Waals surface area contributed by atoms with Crippen LogP contribution in [0.25, 0.3) is 22.0 Å². The minimum atomic E-state index is -0.339. The van der Waals surface area contributed by atoms with E-state index in [-0.39, 0.29) is 5.82 Å². The minimum Gasteiger partial charge on any atom is -0.496 e. The van der Waals surface area contributed by atoms with Crippen molar-refractivity contribution >= 4 is 16.6 Å². The third-order valence-corrected chi connectivity index (χ3v) is 3.34. The van der Waals surface area contributed by atoms with Crippen LogP contribution in [0.15, 0.2) is 42.5 Å². The van der Waals surface area contributed by atoms with Gasteiger partial charge in [0.2, 0.25) is 0 Å². The molecule has 0 amide bonds. The molecule has 0 saturated heterocycles. The number of nitrogens with one attached hydrogen (secondary N) is 1. The third kappa shape index (κ3) is 2.27. The standard InChI is InChI=1S/C16H14FN3O/c1-18-16-12-6-4-3-5-11(12)15(19-20-16)13-9-10(17)7-8-14(13)21-2/h3-9H,1-2H3,(H,18,20). The topological polar surface area (TPSA) is 47.0 Å². The molecule has 0 aliphatic carbocycles. The van der Waals surface area contributed by atoms with Crippen LogP contribution in [0, 0.1) is 5.82 Å². The van der Waals surface area contributed by atoms with E-state index in [4.69, 9.17) is 4.74 Å². The lowest BCUT2D eigenvalue weighted by Gasteiger charge is -2.11. The van der Waals surface area contributed by atoms with Gasteiger partial charge < -0.3 is 10.1 Å². The largest absolute Gasteiger partial charge is 0.496 e. The van der Waals surface area contributed by atoms with E-state index in [0.29, 0.717) is 22.8 Å². The molecule has 0 aliphatic heterocycles. The Morgan fingerprint density at radius 1 is 1.05 bits per heavy atom. The number of fused-ring (bicyclic) bond motifs is 1. The smallest absolute Gasteiger partial charge is 0.156 e. The Morgan fingerprint density at radius 3 is 2.52 bits per heavy atom. The highest BCUT2D eigenvalue weighted by Crippen LogP contribution is 2.35. The van der Waals surface area contributed by atoms with Crippen LogP contribution >= 0.6 is 0 Å². The number of nitrogens with zero attached hydrogens (tertiary/aromatic N) is 2. The molecular formula is C16H14FN3O. The fraction of sp³-hybridized carbons (Fsp3) is 0.125. The molecule has 2 aromatic carbocycles. The molecule has 0 radical (unpaired) electrons. The molecule has 1 N–H and O–H groups in total. The second kappa shape index (κ2) is 5.36. The summed E-state index contributed by atoms with van der Waals surface area (Å²) >= 11 is 0. The first kappa shape index (κ1) is 13.3. The quantitative estimate of drug-likeness (QED) is 0.799. The first-order valence-electron chi connectivity index (χ1n) is 6.51. The summed E-state index contributed by atoms with van der Waals surface area (Å²) < 4.78 is 18.9. The highest BCUT2D eigenvalue weighted by molar-refractivity contribution is 6.00.